The lowest BCUT2D eigenvalue weighted by Gasteiger charge is -2.19. The maximum absolute atomic E-state index is 12.7. The Kier molecular flexibility index (Phi) is 5.41. The van der Waals surface area contributed by atoms with Crippen molar-refractivity contribution in [3.8, 4) is 0 Å². The third kappa shape index (κ3) is 4.05. The van der Waals surface area contributed by atoms with Crippen LogP contribution in [0.2, 0.25) is 0 Å². The summed E-state index contributed by atoms with van der Waals surface area (Å²) in [5.74, 6) is 0.0521. The van der Waals surface area contributed by atoms with Crippen molar-refractivity contribution in [1.82, 2.24) is 9.55 Å². The van der Waals surface area contributed by atoms with E-state index in [4.69, 9.17) is 0 Å². The number of nitrogens with one attached hydrogen (secondary N) is 2. The number of amides is 2. The predicted molar refractivity (Wildman–Crippen MR) is 118 cm³/mol. The number of benzene rings is 1. The quantitative estimate of drug-likeness (QED) is 0.634. The lowest BCUT2D eigenvalue weighted by molar-refractivity contribution is -0.120. The Bertz CT molecular complexity index is 1080. The second-order valence-electron chi connectivity index (χ2n) is 7.82. The number of aromatic nitrogens is 2. The monoisotopic (exact) mass is 410 g/mol. The summed E-state index contributed by atoms with van der Waals surface area (Å²) in [6, 6.07) is 7.53. The second-order valence-corrected chi connectivity index (χ2v) is 8.85. The Labute approximate surface area is 174 Å². The Morgan fingerprint density at radius 3 is 2.55 bits per heavy atom. The number of fused-ring (bicyclic) bond motifs is 1. The molecule has 2 N–H and O–H groups in total. The zero-order valence-corrected chi connectivity index (χ0v) is 17.9. The molecule has 0 atom stereocenters. The minimum absolute atomic E-state index is 0.0761. The van der Waals surface area contributed by atoms with Crippen molar-refractivity contribution in [3.63, 3.8) is 0 Å². The van der Waals surface area contributed by atoms with E-state index < -0.39 is 0 Å². The molecule has 29 heavy (non-hydrogen) atoms. The minimum Gasteiger partial charge on any atom is -0.351 e. The summed E-state index contributed by atoms with van der Waals surface area (Å²) in [6.07, 6.45) is 5.40. The molecular weight excluding hydrogens is 384 g/mol. The summed E-state index contributed by atoms with van der Waals surface area (Å²) in [5, 5.41) is 6.57. The van der Waals surface area contributed by atoms with Crippen LogP contribution in [-0.4, -0.2) is 21.4 Å². The van der Waals surface area contributed by atoms with E-state index in [2.05, 4.69) is 15.6 Å². The molecule has 0 spiro atoms. The lowest BCUT2D eigenvalue weighted by Crippen LogP contribution is -2.24. The summed E-state index contributed by atoms with van der Waals surface area (Å²) in [7, 11) is 1.95. The predicted octanol–water partition coefficient (Wildman–Crippen LogP) is 5.02. The Hall–Kier alpha value is -2.67. The van der Waals surface area contributed by atoms with E-state index in [1.165, 1.54) is 17.8 Å². The molecule has 2 amide bonds. The molecule has 1 aliphatic carbocycles. The third-order valence-corrected chi connectivity index (χ3v) is 6.81. The summed E-state index contributed by atoms with van der Waals surface area (Å²) < 4.78 is 2.94. The smallest absolute Gasteiger partial charge is 0.257 e. The number of carbonyl (C=O) groups excluding carboxylic acids is 2. The van der Waals surface area contributed by atoms with Crippen LogP contribution >= 0.6 is 11.3 Å². The Morgan fingerprint density at radius 2 is 1.86 bits per heavy atom. The van der Waals surface area contributed by atoms with Crippen molar-refractivity contribution in [2.45, 2.75) is 46.0 Å². The number of hydrogen-bond donors (Lipinski definition) is 2. The van der Waals surface area contributed by atoms with Crippen LogP contribution in [0.3, 0.4) is 0 Å². The molecule has 0 unspecified atom stereocenters. The molecule has 0 bridgehead atoms. The van der Waals surface area contributed by atoms with Crippen LogP contribution in [0.5, 0.6) is 0 Å². The van der Waals surface area contributed by atoms with Gasteiger partial charge in [-0.3, -0.25) is 9.59 Å². The fourth-order valence-electron chi connectivity index (χ4n) is 3.91. The van der Waals surface area contributed by atoms with E-state index >= 15 is 0 Å². The number of carbonyl (C=O) groups is 2. The van der Waals surface area contributed by atoms with Gasteiger partial charge >= 0.3 is 0 Å². The number of hydrogen-bond acceptors (Lipinski definition) is 4. The van der Waals surface area contributed by atoms with Crippen LogP contribution in [0, 0.1) is 19.8 Å². The fraction of sp³-hybridized carbons (Fsp3) is 0.409. The highest BCUT2D eigenvalue weighted by Gasteiger charge is 2.22. The number of thiazole rings is 1. The summed E-state index contributed by atoms with van der Waals surface area (Å²) in [5.41, 5.74) is 4.20. The highest BCUT2D eigenvalue weighted by molar-refractivity contribution is 7.22. The zero-order chi connectivity index (χ0) is 20.5. The highest BCUT2D eigenvalue weighted by atomic mass is 32.1. The van der Waals surface area contributed by atoms with Gasteiger partial charge < -0.3 is 15.2 Å². The number of anilines is 2. The first-order chi connectivity index (χ1) is 13.9. The lowest BCUT2D eigenvalue weighted by atomic mass is 9.89. The number of nitrogens with zero attached hydrogens (tertiary/aromatic N) is 2. The highest BCUT2D eigenvalue weighted by Crippen LogP contribution is 2.30. The average Bonchev–Trinajstić information content (AvgIpc) is 3.23. The minimum atomic E-state index is -0.124. The van der Waals surface area contributed by atoms with Gasteiger partial charge in [-0.1, -0.05) is 30.6 Å². The van der Waals surface area contributed by atoms with Gasteiger partial charge in [-0.15, -0.1) is 0 Å². The number of aryl methyl sites for hydroxylation is 1. The van der Waals surface area contributed by atoms with Crippen molar-refractivity contribution < 1.29 is 9.59 Å². The van der Waals surface area contributed by atoms with Crippen LogP contribution in [0.25, 0.3) is 10.2 Å². The largest absolute Gasteiger partial charge is 0.351 e. The van der Waals surface area contributed by atoms with Gasteiger partial charge in [-0.05, 0) is 51.0 Å². The summed E-state index contributed by atoms with van der Waals surface area (Å²) >= 11 is 1.44. The molecule has 1 aliphatic rings. The van der Waals surface area contributed by atoms with Crippen LogP contribution in [0.1, 0.15) is 53.8 Å². The standard InChI is InChI=1S/C22H26N4O2S/c1-13-11-17(14(2)26(13)3)21(28)23-16-9-10-18-19(12-16)29-22(24-18)25-20(27)15-7-5-4-6-8-15/h9-12,15H,4-8H2,1-3H3,(H,23,28)(H,24,25,27). The molecule has 0 saturated heterocycles. The summed E-state index contributed by atoms with van der Waals surface area (Å²) in [6.45, 7) is 3.92. The van der Waals surface area contributed by atoms with Gasteiger partial charge in [0, 0.05) is 30.0 Å². The van der Waals surface area contributed by atoms with Crippen LogP contribution in [0.4, 0.5) is 10.8 Å². The van der Waals surface area contributed by atoms with E-state index in [1.807, 2.05) is 49.7 Å². The second kappa shape index (κ2) is 7.99. The zero-order valence-electron chi connectivity index (χ0n) is 17.0. The molecule has 4 rings (SSSR count). The molecule has 0 aliphatic heterocycles. The van der Waals surface area contributed by atoms with Gasteiger partial charge in [0.15, 0.2) is 5.13 Å². The van der Waals surface area contributed by atoms with Crippen molar-refractivity contribution in [2.24, 2.45) is 13.0 Å². The maximum atomic E-state index is 12.7. The first-order valence-corrected chi connectivity index (χ1v) is 10.9. The van der Waals surface area contributed by atoms with E-state index in [-0.39, 0.29) is 17.7 Å². The van der Waals surface area contributed by atoms with Gasteiger partial charge in [0.25, 0.3) is 5.91 Å². The average molecular weight is 411 g/mol. The van der Waals surface area contributed by atoms with Crippen molar-refractivity contribution in [1.29, 1.82) is 0 Å². The molecule has 0 radical (unpaired) electrons. The van der Waals surface area contributed by atoms with Gasteiger partial charge in [0.2, 0.25) is 5.91 Å². The first-order valence-electron chi connectivity index (χ1n) is 10.1. The van der Waals surface area contributed by atoms with E-state index in [1.54, 1.807) is 0 Å². The van der Waals surface area contributed by atoms with Crippen molar-refractivity contribution in [3.05, 3.63) is 41.2 Å². The van der Waals surface area contributed by atoms with Crippen LogP contribution in [0.15, 0.2) is 24.3 Å². The van der Waals surface area contributed by atoms with Gasteiger partial charge in [-0.25, -0.2) is 4.98 Å². The molecule has 1 fully saturated rings. The van der Waals surface area contributed by atoms with E-state index in [0.29, 0.717) is 10.7 Å². The van der Waals surface area contributed by atoms with Crippen LogP contribution in [-0.2, 0) is 11.8 Å². The number of rotatable bonds is 4. The molecule has 152 valence electrons. The topological polar surface area (TPSA) is 76.0 Å². The third-order valence-electron chi connectivity index (χ3n) is 5.87. The molecule has 2 heterocycles. The van der Waals surface area contributed by atoms with Gasteiger partial charge in [-0.2, -0.15) is 0 Å². The SMILES string of the molecule is Cc1cc(C(=O)Nc2ccc3nc(NC(=O)C4CCCCC4)sc3c2)c(C)n1C. The van der Waals surface area contributed by atoms with Gasteiger partial charge in [0.05, 0.1) is 15.8 Å². The maximum Gasteiger partial charge on any atom is 0.257 e. The molecular formula is C22H26N4O2S. The summed E-state index contributed by atoms with van der Waals surface area (Å²) in [4.78, 5) is 29.7. The molecule has 3 aromatic rings. The van der Waals surface area contributed by atoms with Crippen molar-refractivity contribution in [2.75, 3.05) is 10.6 Å². The molecule has 1 aromatic carbocycles. The molecule has 6 nitrogen and oxygen atoms in total. The van der Waals surface area contributed by atoms with E-state index in [9.17, 15) is 9.59 Å². The molecule has 1 saturated carbocycles. The Morgan fingerprint density at radius 1 is 1.10 bits per heavy atom. The van der Waals surface area contributed by atoms with E-state index in [0.717, 1.165) is 53.0 Å². The Balaban J connectivity index is 1.48. The van der Waals surface area contributed by atoms with Crippen LogP contribution < -0.4 is 10.6 Å². The molecule has 7 heteroatoms. The van der Waals surface area contributed by atoms with Gasteiger partial charge in [0.1, 0.15) is 0 Å². The normalized spacial score (nSPS) is 14.9. The van der Waals surface area contributed by atoms with Crippen molar-refractivity contribution >= 4 is 44.2 Å². The fourth-order valence-corrected chi connectivity index (χ4v) is 4.82. The molecule has 2 aromatic heterocycles. The first kappa shape index (κ1) is 19.6.